The van der Waals surface area contributed by atoms with E-state index >= 15 is 0 Å². The van der Waals surface area contributed by atoms with Gasteiger partial charge in [-0.1, -0.05) is 79.8 Å². The second-order valence-electron chi connectivity index (χ2n) is 7.95. The average molecular weight is 476 g/mol. The van der Waals surface area contributed by atoms with E-state index in [0.717, 1.165) is 34.8 Å². The Morgan fingerprint density at radius 3 is 0.840 bits per heavy atom. The minimum atomic E-state index is 0. The maximum absolute atomic E-state index is 5.04. The van der Waals surface area contributed by atoms with Gasteiger partial charge in [0.15, 0.2) is 0 Å². The zero-order valence-electron chi connectivity index (χ0n) is 17.5. The van der Waals surface area contributed by atoms with E-state index in [1.165, 1.54) is 0 Å². The summed E-state index contributed by atoms with van der Waals surface area (Å²) < 4.78 is 1.44. The molecule has 0 fully saturated rings. The molecule has 2 nitrogen and oxygen atoms in total. The van der Waals surface area contributed by atoms with Crippen LogP contribution >= 0.6 is 49.7 Å². The van der Waals surface area contributed by atoms with E-state index in [1.807, 2.05) is 0 Å². The van der Waals surface area contributed by atoms with Gasteiger partial charge >= 0.3 is 0 Å². The summed E-state index contributed by atoms with van der Waals surface area (Å²) in [7, 11) is 0. The minimum absolute atomic E-state index is 0. The summed E-state index contributed by atoms with van der Waals surface area (Å²) in [6.07, 6.45) is 0. The fourth-order valence-corrected chi connectivity index (χ4v) is 2.85. The number of nitrogens with zero attached hydrogens (tertiary/aromatic N) is 2. The predicted octanol–water partition coefficient (Wildman–Crippen LogP) is 5.63. The topological polar surface area (TPSA) is 6.48 Å². The summed E-state index contributed by atoms with van der Waals surface area (Å²) in [4.78, 5) is 4.32. The molecule has 0 amide bonds. The second-order valence-corrected chi connectivity index (χ2v) is 10.2. The summed E-state index contributed by atoms with van der Waals surface area (Å²) in [5.74, 6) is 2.59. The molecule has 0 spiro atoms. The molecule has 0 rings (SSSR count). The zero-order chi connectivity index (χ0) is 19.4. The summed E-state index contributed by atoms with van der Waals surface area (Å²) in [6, 6.07) is 0. The average Bonchev–Trinajstić information content (AvgIpc) is 2.35. The fraction of sp³-hybridized carbons (Fsp3) is 0.889. The third kappa shape index (κ3) is 21.3. The molecule has 0 radical (unpaired) electrons. The Balaban J connectivity index is -0.000000372. The van der Waals surface area contributed by atoms with E-state index in [1.54, 1.807) is 0 Å². The fourth-order valence-electron chi connectivity index (χ4n) is 2.22. The molecule has 0 aromatic rings. The van der Waals surface area contributed by atoms with E-state index < -0.39 is 0 Å². The van der Waals surface area contributed by atoms with Gasteiger partial charge in [-0.25, -0.2) is 0 Å². The van der Waals surface area contributed by atoms with Crippen LogP contribution < -0.4 is 0 Å². The van der Waals surface area contributed by atoms with Crippen LogP contribution in [0, 0.1) is 23.7 Å². The quantitative estimate of drug-likeness (QED) is 0.267. The maximum Gasteiger partial charge on any atom is 0.133 e. The summed E-state index contributed by atoms with van der Waals surface area (Å²) in [6.45, 7) is 21.6. The van der Waals surface area contributed by atoms with Crippen molar-refractivity contribution in [1.29, 1.82) is 0 Å². The predicted molar refractivity (Wildman–Crippen MR) is 126 cm³/mol. The molecule has 0 N–H and O–H groups in total. The van der Waals surface area contributed by atoms with Gasteiger partial charge in [-0.2, -0.15) is 0 Å². The molecule has 0 heterocycles. The third-order valence-electron chi connectivity index (χ3n) is 2.88. The minimum Gasteiger partial charge on any atom is -0.357 e. The van der Waals surface area contributed by atoms with Crippen LogP contribution in [0.25, 0.3) is 0 Å². The molecule has 146 valence electrons. The number of rotatable bonds is 8. The van der Waals surface area contributed by atoms with Crippen LogP contribution in [0.4, 0.5) is 0 Å². The second kappa shape index (κ2) is 17.2. The number of hydrogen-bond acceptors (Lipinski definition) is 2. The van der Waals surface area contributed by atoms with Gasteiger partial charge in [0.25, 0.3) is 0 Å². The van der Waals surface area contributed by atoms with Gasteiger partial charge in [0.05, 0.1) is 0 Å². The molecule has 0 saturated carbocycles. The summed E-state index contributed by atoms with van der Waals surface area (Å²) in [5.41, 5.74) is 0. The van der Waals surface area contributed by atoms with Gasteiger partial charge < -0.3 is 9.80 Å². The van der Waals surface area contributed by atoms with Crippen LogP contribution in [0.2, 0.25) is 0 Å². The van der Waals surface area contributed by atoms with E-state index in [0.29, 0.717) is 23.7 Å². The van der Waals surface area contributed by atoms with Crippen LogP contribution in [0.3, 0.4) is 0 Å². The monoisotopic (exact) mass is 474 g/mol. The van der Waals surface area contributed by atoms with Gasteiger partial charge in [-0.05, 0) is 23.7 Å². The van der Waals surface area contributed by atoms with Crippen molar-refractivity contribution in [2.45, 2.75) is 55.4 Å². The number of hydrogen-bond donors (Lipinski definition) is 2. The van der Waals surface area contributed by atoms with Gasteiger partial charge in [0, 0.05) is 45.7 Å². The van der Waals surface area contributed by atoms with Gasteiger partial charge in [-0.3, -0.25) is 0 Å². The van der Waals surface area contributed by atoms with Crippen molar-refractivity contribution in [2.75, 3.05) is 26.2 Å². The van der Waals surface area contributed by atoms with Gasteiger partial charge in [-0.15, -0.1) is 25.3 Å². The van der Waals surface area contributed by atoms with Crippen LogP contribution in [-0.4, -0.2) is 44.6 Å². The Labute approximate surface area is 191 Å². The standard InChI is InChI=1S/2C9H19NS2.Zn/c2*1-7(2)5-10(9(11)12)6-8(3)4;/h2*7-8H,5-6H2,1-4H3,(H,11,12);. The molecule has 0 aromatic heterocycles. The Bertz CT molecular complexity index is 307. The molecule has 0 aromatic carbocycles. The van der Waals surface area contributed by atoms with Crippen LogP contribution in [-0.2, 0) is 19.5 Å². The van der Waals surface area contributed by atoms with Gasteiger partial charge in [0.2, 0.25) is 0 Å². The molecule has 0 aliphatic rings. The molecule has 0 bridgehead atoms. The van der Waals surface area contributed by atoms with Crippen molar-refractivity contribution in [2.24, 2.45) is 23.7 Å². The zero-order valence-corrected chi connectivity index (χ0v) is 23.8. The normalized spacial score (nSPS) is 10.5. The first kappa shape index (κ1) is 30.8. The number of thiocarbonyl (C=S) groups is 2. The molecular weight excluding hydrogens is 438 g/mol. The summed E-state index contributed by atoms with van der Waals surface area (Å²) >= 11 is 18.5. The van der Waals surface area contributed by atoms with Crippen molar-refractivity contribution in [3.63, 3.8) is 0 Å². The Morgan fingerprint density at radius 1 is 0.600 bits per heavy atom. The molecule has 0 atom stereocenters. The molecule has 0 aliphatic carbocycles. The molecule has 0 saturated heterocycles. The SMILES string of the molecule is CC(C)CN(CC(C)C)C(=S)S.CC(C)CN(CC(C)C)C(=S)S.[Zn]. The van der Waals surface area contributed by atoms with Crippen LogP contribution in [0.5, 0.6) is 0 Å². The van der Waals surface area contributed by atoms with Crippen molar-refractivity contribution < 1.29 is 19.5 Å². The number of thiol groups is 2. The first-order valence-electron chi connectivity index (χ1n) is 8.82. The van der Waals surface area contributed by atoms with E-state index in [9.17, 15) is 0 Å². The molecule has 0 aliphatic heterocycles. The Kier molecular flexibility index (Phi) is 21.2. The van der Waals surface area contributed by atoms with E-state index in [-0.39, 0.29) is 19.5 Å². The Morgan fingerprint density at radius 2 is 0.760 bits per heavy atom. The van der Waals surface area contributed by atoms with Crippen LogP contribution in [0.15, 0.2) is 0 Å². The largest absolute Gasteiger partial charge is 0.357 e. The first-order chi connectivity index (χ1) is 10.9. The summed E-state index contributed by atoms with van der Waals surface area (Å²) in [5, 5.41) is 0. The smallest absolute Gasteiger partial charge is 0.133 e. The van der Waals surface area contributed by atoms with E-state index in [2.05, 4.69) is 90.4 Å². The van der Waals surface area contributed by atoms with Crippen LogP contribution in [0.1, 0.15) is 55.4 Å². The van der Waals surface area contributed by atoms with E-state index in [4.69, 9.17) is 24.4 Å². The first-order valence-corrected chi connectivity index (χ1v) is 10.5. The van der Waals surface area contributed by atoms with Gasteiger partial charge in [0.1, 0.15) is 8.64 Å². The maximum atomic E-state index is 5.04. The van der Waals surface area contributed by atoms with Crippen molar-refractivity contribution in [3.8, 4) is 0 Å². The Hall–Kier alpha value is 1.10. The third-order valence-corrected chi connectivity index (χ3v) is 3.97. The van der Waals surface area contributed by atoms with Crippen molar-refractivity contribution in [3.05, 3.63) is 0 Å². The van der Waals surface area contributed by atoms with Crippen molar-refractivity contribution in [1.82, 2.24) is 9.80 Å². The molecular formula is C18H38N2S4Zn. The molecule has 25 heavy (non-hydrogen) atoms. The molecule has 7 heteroatoms. The van der Waals surface area contributed by atoms with Crippen molar-refractivity contribution >= 4 is 58.3 Å². The molecule has 0 unspecified atom stereocenters.